The quantitative estimate of drug-likeness (QED) is 0.857. The number of benzene rings is 2. The van der Waals surface area contributed by atoms with Crippen molar-refractivity contribution in [2.45, 2.75) is 13.0 Å². The van der Waals surface area contributed by atoms with Crippen LogP contribution in [0.2, 0.25) is 0 Å². The molecule has 1 aliphatic heterocycles. The normalized spacial score (nSPS) is 13.2. The van der Waals surface area contributed by atoms with Crippen molar-refractivity contribution in [3.63, 3.8) is 0 Å². The summed E-state index contributed by atoms with van der Waals surface area (Å²) in [5.74, 6) is 0.615. The van der Waals surface area contributed by atoms with Gasteiger partial charge in [-0.1, -0.05) is 18.2 Å². The zero-order valence-corrected chi connectivity index (χ0v) is 14.1. The lowest BCUT2D eigenvalue weighted by Crippen LogP contribution is -2.25. The van der Waals surface area contributed by atoms with E-state index in [1.54, 1.807) is 0 Å². The second-order valence-electron chi connectivity index (χ2n) is 6.27. The molecule has 1 amide bonds. The predicted molar refractivity (Wildman–Crippen MR) is 96.6 cm³/mol. The maximum absolute atomic E-state index is 11.4. The number of hydrogen-bond donors (Lipinski definition) is 2. The Balaban J connectivity index is 1.57. The van der Waals surface area contributed by atoms with Gasteiger partial charge in [0.2, 0.25) is 0 Å². The summed E-state index contributed by atoms with van der Waals surface area (Å²) in [6, 6.07) is 14.4. The molecule has 2 aromatic rings. The van der Waals surface area contributed by atoms with E-state index in [4.69, 9.17) is 4.74 Å². The molecule has 0 spiro atoms. The van der Waals surface area contributed by atoms with Crippen molar-refractivity contribution in [1.29, 1.82) is 0 Å². The molecule has 2 N–H and O–H groups in total. The van der Waals surface area contributed by atoms with Gasteiger partial charge in [-0.15, -0.1) is 0 Å². The van der Waals surface area contributed by atoms with Crippen molar-refractivity contribution in [1.82, 2.24) is 4.90 Å². The molecule has 24 heavy (non-hydrogen) atoms. The number of carbonyl (C=O) groups excluding carboxylic acids is 1. The summed E-state index contributed by atoms with van der Waals surface area (Å²) >= 11 is 0. The van der Waals surface area contributed by atoms with Crippen LogP contribution in [0.25, 0.3) is 0 Å². The van der Waals surface area contributed by atoms with Crippen LogP contribution in [0.4, 0.5) is 11.4 Å². The largest absolute Gasteiger partial charge is 0.482 e. The zero-order valence-electron chi connectivity index (χ0n) is 14.1. The Hall–Kier alpha value is -2.53. The topological polar surface area (TPSA) is 53.6 Å². The fraction of sp³-hybridized carbons (Fsp3) is 0.316. The molecule has 1 heterocycles. The van der Waals surface area contributed by atoms with Crippen molar-refractivity contribution >= 4 is 17.3 Å². The number of carbonyl (C=O) groups is 1. The van der Waals surface area contributed by atoms with Gasteiger partial charge in [-0.3, -0.25) is 4.79 Å². The van der Waals surface area contributed by atoms with Crippen LogP contribution in [0.1, 0.15) is 11.1 Å². The van der Waals surface area contributed by atoms with Crippen molar-refractivity contribution < 1.29 is 9.53 Å². The van der Waals surface area contributed by atoms with Gasteiger partial charge in [-0.25, -0.2) is 0 Å². The van der Waals surface area contributed by atoms with Gasteiger partial charge in [0.05, 0.1) is 5.69 Å². The Morgan fingerprint density at radius 2 is 1.88 bits per heavy atom. The highest BCUT2D eigenvalue weighted by atomic mass is 16.5. The summed E-state index contributed by atoms with van der Waals surface area (Å²) in [5.41, 5.74) is 4.25. The molecule has 0 bridgehead atoms. The maximum Gasteiger partial charge on any atom is 0.262 e. The first-order chi connectivity index (χ1) is 11.6. The SMILES string of the molecule is CN(C)CCc1ccc(NCc2ccc3c(c2)NC(=O)CO3)cc1. The summed E-state index contributed by atoms with van der Waals surface area (Å²) in [6.07, 6.45) is 1.05. The summed E-state index contributed by atoms with van der Waals surface area (Å²) in [5, 5.41) is 6.24. The number of nitrogens with one attached hydrogen (secondary N) is 2. The van der Waals surface area contributed by atoms with Gasteiger partial charge in [-0.05, 0) is 55.9 Å². The first-order valence-corrected chi connectivity index (χ1v) is 8.13. The van der Waals surface area contributed by atoms with Crippen molar-refractivity contribution in [3.8, 4) is 5.75 Å². The van der Waals surface area contributed by atoms with Crippen LogP contribution in [0.15, 0.2) is 42.5 Å². The molecule has 1 aliphatic rings. The minimum Gasteiger partial charge on any atom is -0.482 e. The molecule has 0 saturated heterocycles. The molecule has 0 aliphatic carbocycles. The molecule has 5 nitrogen and oxygen atoms in total. The molecular weight excluding hydrogens is 302 g/mol. The molecule has 0 aromatic heterocycles. The van der Waals surface area contributed by atoms with Crippen molar-refractivity contribution in [2.75, 3.05) is 37.9 Å². The van der Waals surface area contributed by atoms with E-state index in [2.05, 4.69) is 53.9 Å². The summed E-state index contributed by atoms with van der Waals surface area (Å²) in [4.78, 5) is 13.6. The number of hydrogen-bond acceptors (Lipinski definition) is 4. The average Bonchev–Trinajstić information content (AvgIpc) is 2.58. The van der Waals surface area contributed by atoms with Crippen LogP contribution >= 0.6 is 0 Å². The van der Waals surface area contributed by atoms with Gasteiger partial charge in [0.25, 0.3) is 5.91 Å². The van der Waals surface area contributed by atoms with E-state index in [-0.39, 0.29) is 12.5 Å². The lowest BCUT2D eigenvalue weighted by Gasteiger charge is -2.18. The first-order valence-electron chi connectivity index (χ1n) is 8.13. The number of rotatable bonds is 6. The van der Waals surface area contributed by atoms with Gasteiger partial charge in [0, 0.05) is 18.8 Å². The summed E-state index contributed by atoms with van der Waals surface area (Å²) < 4.78 is 5.37. The second-order valence-corrected chi connectivity index (χ2v) is 6.27. The monoisotopic (exact) mass is 325 g/mol. The van der Waals surface area contributed by atoms with E-state index >= 15 is 0 Å². The van der Waals surface area contributed by atoms with Crippen molar-refractivity contribution in [3.05, 3.63) is 53.6 Å². The Morgan fingerprint density at radius 3 is 2.62 bits per heavy atom. The smallest absolute Gasteiger partial charge is 0.262 e. The molecule has 126 valence electrons. The molecule has 0 unspecified atom stereocenters. The van der Waals surface area contributed by atoms with E-state index < -0.39 is 0 Å². The molecule has 5 heteroatoms. The van der Waals surface area contributed by atoms with Crippen LogP contribution in [0.5, 0.6) is 5.75 Å². The van der Waals surface area contributed by atoms with E-state index in [1.807, 2.05) is 18.2 Å². The predicted octanol–water partition coefficient (Wildman–Crippen LogP) is 2.73. The van der Waals surface area contributed by atoms with Crippen LogP contribution in [0.3, 0.4) is 0 Å². The average molecular weight is 325 g/mol. The molecule has 0 radical (unpaired) electrons. The highest BCUT2D eigenvalue weighted by Crippen LogP contribution is 2.28. The van der Waals surface area contributed by atoms with Gasteiger partial charge < -0.3 is 20.3 Å². The molecule has 0 atom stereocenters. The van der Waals surface area contributed by atoms with E-state index in [0.29, 0.717) is 6.54 Å². The van der Waals surface area contributed by atoms with E-state index in [0.717, 1.165) is 35.7 Å². The third-order valence-corrected chi connectivity index (χ3v) is 3.98. The third kappa shape index (κ3) is 4.26. The number of nitrogens with zero attached hydrogens (tertiary/aromatic N) is 1. The number of ether oxygens (including phenoxy) is 1. The molecule has 3 rings (SSSR count). The minimum absolute atomic E-state index is 0.0881. The lowest BCUT2D eigenvalue weighted by atomic mass is 10.1. The molecule has 2 aromatic carbocycles. The number of anilines is 2. The Labute approximate surface area is 142 Å². The highest BCUT2D eigenvalue weighted by molar-refractivity contribution is 5.95. The standard InChI is InChI=1S/C19H23N3O2/c1-22(2)10-9-14-3-6-16(7-4-14)20-12-15-5-8-18-17(11-15)21-19(23)13-24-18/h3-8,11,20H,9-10,12-13H2,1-2H3,(H,21,23). The number of likely N-dealkylation sites (N-methyl/N-ethyl adjacent to an activating group) is 1. The van der Waals surface area contributed by atoms with Crippen LogP contribution in [0, 0.1) is 0 Å². The van der Waals surface area contributed by atoms with E-state index in [9.17, 15) is 4.79 Å². The molecular formula is C19H23N3O2. The van der Waals surface area contributed by atoms with E-state index in [1.165, 1.54) is 5.56 Å². The lowest BCUT2D eigenvalue weighted by molar-refractivity contribution is -0.118. The number of fused-ring (bicyclic) bond motifs is 1. The van der Waals surface area contributed by atoms with Gasteiger partial charge in [0.15, 0.2) is 6.61 Å². The van der Waals surface area contributed by atoms with Crippen molar-refractivity contribution in [2.24, 2.45) is 0 Å². The maximum atomic E-state index is 11.4. The fourth-order valence-electron chi connectivity index (χ4n) is 2.59. The van der Waals surface area contributed by atoms with Gasteiger partial charge >= 0.3 is 0 Å². The van der Waals surface area contributed by atoms with Crippen LogP contribution < -0.4 is 15.4 Å². The summed E-state index contributed by atoms with van der Waals surface area (Å²) in [7, 11) is 4.17. The van der Waals surface area contributed by atoms with Crippen LogP contribution in [-0.4, -0.2) is 38.1 Å². The Kier molecular flexibility index (Phi) is 5.01. The van der Waals surface area contributed by atoms with Crippen LogP contribution in [-0.2, 0) is 17.8 Å². The highest BCUT2D eigenvalue weighted by Gasteiger charge is 2.15. The molecule has 0 fully saturated rings. The van der Waals surface area contributed by atoms with Gasteiger partial charge in [0.1, 0.15) is 5.75 Å². The second kappa shape index (κ2) is 7.36. The van der Waals surface area contributed by atoms with Gasteiger partial charge in [-0.2, -0.15) is 0 Å². The number of amides is 1. The Bertz CT molecular complexity index is 711. The third-order valence-electron chi connectivity index (χ3n) is 3.98. The Morgan fingerprint density at radius 1 is 1.12 bits per heavy atom. The molecule has 0 saturated carbocycles. The fourth-order valence-corrected chi connectivity index (χ4v) is 2.59. The summed E-state index contributed by atoms with van der Waals surface area (Å²) in [6.45, 7) is 1.83. The zero-order chi connectivity index (χ0) is 16.9. The minimum atomic E-state index is -0.110. The first kappa shape index (κ1) is 16.3.